The number of hydrogen-bond donors (Lipinski definition) is 1. The van der Waals surface area contributed by atoms with Gasteiger partial charge < -0.3 is 5.32 Å². The van der Waals surface area contributed by atoms with Crippen LogP contribution in [0.5, 0.6) is 0 Å². The number of nitrogens with one attached hydrogen (secondary N) is 1. The number of nitriles is 1. The lowest BCUT2D eigenvalue weighted by Gasteiger charge is -2.05. The van der Waals surface area contributed by atoms with Crippen LogP contribution in [0.2, 0.25) is 10.2 Å². The maximum absolute atomic E-state index is 11.9. The molecule has 19 heavy (non-hydrogen) atoms. The highest BCUT2D eigenvalue weighted by atomic mass is 35.5. The number of amides is 1. The first-order chi connectivity index (χ1) is 9.10. The molecule has 0 saturated heterocycles. The second kappa shape index (κ2) is 5.70. The number of anilines is 1. The van der Waals surface area contributed by atoms with Crippen molar-refractivity contribution in [2.45, 2.75) is 0 Å². The van der Waals surface area contributed by atoms with Crippen LogP contribution in [0.25, 0.3) is 0 Å². The van der Waals surface area contributed by atoms with Crippen LogP contribution in [0.1, 0.15) is 15.9 Å². The third kappa shape index (κ3) is 3.22. The van der Waals surface area contributed by atoms with Crippen LogP contribution in [0.15, 0.2) is 36.5 Å². The molecule has 0 unspecified atom stereocenters. The van der Waals surface area contributed by atoms with E-state index in [2.05, 4.69) is 10.3 Å². The molecule has 1 N–H and O–H groups in total. The van der Waals surface area contributed by atoms with Crippen molar-refractivity contribution in [3.8, 4) is 6.07 Å². The Kier molecular flexibility index (Phi) is 4.00. The predicted octanol–water partition coefficient (Wildman–Crippen LogP) is 3.51. The fourth-order valence-electron chi connectivity index (χ4n) is 1.42. The average molecular weight is 292 g/mol. The van der Waals surface area contributed by atoms with E-state index in [9.17, 15) is 4.79 Å². The summed E-state index contributed by atoms with van der Waals surface area (Å²) >= 11 is 11.5. The molecule has 1 heterocycles. The molecule has 0 spiro atoms. The molecule has 0 saturated carbocycles. The van der Waals surface area contributed by atoms with Crippen LogP contribution in [0, 0.1) is 11.3 Å². The van der Waals surface area contributed by atoms with Gasteiger partial charge in [0.1, 0.15) is 5.15 Å². The zero-order valence-electron chi connectivity index (χ0n) is 9.52. The first kappa shape index (κ1) is 13.3. The predicted molar refractivity (Wildman–Crippen MR) is 73.4 cm³/mol. The summed E-state index contributed by atoms with van der Waals surface area (Å²) in [6.45, 7) is 0. The molecule has 1 aromatic carbocycles. The monoisotopic (exact) mass is 291 g/mol. The van der Waals surface area contributed by atoms with Gasteiger partial charge in [-0.05, 0) is 24.3 Å². The normalized spacial score (nSPS) is 9.74. The largest absolute Gasteiger partial charge is 0.322 e. The van der Waals surface area contributed by atoms with E-state index in [1.807, 2.05) is 6.07 Å². The van der Waals surface area contributed by atoms with E-state index < -0.39 is 0 Å². The van der Waals surface area contributed by atoms with E-state index in [4.69, 9.17) is 28.5 Å². The minimum atomic E-state index is -0.374. The van der Waals surface area contributed by atoms with Crippen molar-refractivity contribution in [2.75, 3.05) is 5.32 Å². The Morgan fingerprint density at radius 2 is 2.11 bits per heavy atom. The van der Waals surface area contributed by atoms with Crippen LogP contribution in [0.3, 0.4) is 0 Å². The Morgan fingerprint density at radius 1 is 1.32 bits per heavy atom. The third-order valence-electron chi connectivity index (χ3n) is 2.31. The number of hydrogen-bond acceptors (Lipinski definition) is 3. The van der Waals surface area contributed by atoms with Crippen molar-refractivity contribution >= 4 is 34.8 Å². The summed E-state index contributed by atoms with van der Waals surface area (Å²) < 4.78 is 0. The smallest absolute Gasteiger partial charge is 0.257 e. The zero-order valence-corrected chi connectivity index (χ0v) is 11.0. The van der Waals surface area contributed by atoms with Crippen LogP contribution in [-0.4, -0.2) is 10.9 Å². The van der Waals surface area contributed by atoms with E-state index in [1.165, 1.54) is 12.3 Å². The highest BCUT2D eigenvalue weighted by molar-refractivity contribution is 6.41. The molecule has 4 nitrogen and oxygen atoms in total. The van der Waals surface area contributed by atoms with Crippen molar-refractivity contribution in [2.24, 2.45) is 0 Å². The van der Waals surface area contributed by atoms with Crippen molar-refractivity contribution < 1.29 is 4.79 Å². The minimum absolute atomic E-state index is 0.143. The molecule has 0 aliphatic heterocycles. The number of carbonyl (C=O) groups is 1. The van der Waals surface area contributed by atoms with Crippen molar-refractivity contribution in [3.63, 3.8) is 0 Å². The topological polar surface area (TPSA) is 65.8 Å². The van der Waals surface area contributed by atoms with Crippen LogP contribution in [-0.2, 0) is 0 Å². The number of rotatable bonds is 2. The molecule has 1 aromatic heterocycles. The molecule has 2 rings (SSSR count). The standard InChI is InChI=1S/C13H7Cl2N3O/c14-11-5-9(7-17-12(11)15)13(19)18-10-3-1-2-8(4-10)6-16/h1-5,7H,(H,18,19). The maximum atomic E-state index is 11.9. The summed E-state index contributed by atoms with van der Waals surface area (Å²) in [5.41, 5.74) is 1.27. The molecule has 94 valence electrons. The molecule has 0 atom stereocenters. The van der Waals surface area contributed by atoms with Gasteiger partial charge in [0.2, 0.25) is 0 Å². The first-order valence-electron chi connectivity index (χ1n) is 5.22. The lowest BCUT2D eigenvalue weighted by atomic mass is 10.2. The maximum Gasteiger partial charge on any atom is 0.257 e. The van der Waals surface area contributed by atoms with E-state index in [-0.39, 0.29) is 21.6 Å². The summed E-state index contributed by atoms with van der Waals surface area (Å²) in [4.78, 5) is 15.7. The van der Waals surface area contributed by atoms with Gasteiger partial charge in [0, 0.05) is 11.9 Å². The number of aromatic nitrogens is 1. The second-order valence-corrected chi connectivity index (χ2v) is 4.41. The number of pyridine rings is 1. The SMILES string of the molecule is N#Cc1cccc(NC(=O)c2cnc(Cl)c(Cl)c2)c1. The van der Waals surface area contributed by atoms with Gasteiger partial charge in [-0.3, -0.25) is 4.79 Å². The molecule has 0 bridgehead atoms. The van der Waals surface area contributed by atoms with Crippen molar-refractivity contribution in [1.29, 1.82) is 5.26 Å². The quantitative estimate of drug-likeness (QED) is 0.861. The Morgan fingerprint density at radius 3 is 2.79 bits per heavy atom. The lowest BCUT2D eigenvalue weighted by Crippen LogP contribution is -2.12. The highest BCUT2D eigenvalue weighted by Crippen LogP contribution is 2.20. The van der Waals surface area contributed by atoms with E-state index in [0.29, 0.717) is 11.3 Å². The molecular weight excluding hydrogens is 285 g/mol. The van der Waals surface area contributed by atoms with Gasteiger partial charge in [-0.15, -0.1) is 0 Å². The molecule has 0 aliphatic carbocycles. The third-order valence-corrected chi connectivity index (χ3v) is 2.99. The molecule has 2 aromatic rings. The Balaban J connectivity index is 2.21. The van der Waals surface area contributed by atoms with Gasteiger partial charge in [-0.1, -0.05) is 29.3 Å². The van der Waals surface area contributed by atoms with E-state index >= 15 is 0 Å². The van der Waals surface area contributed by atoms with Gasteiger partial charge in [-0.25, -0.2) is 4.98 Å². The van der Waals surface area contributed by atoms with Gasteiger partial charge in [0.05, 0.1) is 22.2 Å². The Bertz CT molecular complexity index is 680. The average Bonchev–Trinajstić information content (AvgIpc) is 2.42. The Hall–Kier alpha value is -2.09. The Labute approximate surface area is 119 Å². The summed E-state index contributed by atoms with van der Waals surface area (Å²) in [5, 5.41) is 11.8. The van der Waals surface area contributed by atoms with Crippen LogP contribution < -0.4 is 5.32 Å². The van der Waals surface area contributed by atoms with Gasteiger partial charge >= 0.3 is 0 Å². The summed E-state index contributed by atoms with van der Waals surface area (Å²) in [5.74, 6) is -0.374. The van der Waals surface area contributed by atoms with E-state index in [1.54, 1.807) is 24.3 Å². The van der Waals surface area contributed by atoms with Crippen molar-refractivity contribution in [3.05, 3.63) is 57.8 Å². The fourth-order valence-corrected chi connectivity index (χ4v) is 1.68. The zero-order chi connectivity index (χ0) is 13.8. The number of benzene rings is 1. The van der Waals surface area contributed by atoms with E-state index in [0.717, 1.165) is 0 Å². The van der Waals surface area contributed by atoms with Gasteiger partial charge in [0.15, 0.2) is 0 Å². The molecular formula is C13H7Cl2N3O. The molecule has 6 heteroatoms. The number of nitrogens with zero attached hydrogens (tertiary/aromatic N) is 2. The minimum Gasteiger partial charge on any atom is -0.322 e. The summed E-state index contributed by atoms with van der Waals surface area (Å²) in [6.07, 6.45) is 1.33. The lowest BCUT2D eigenvalue weighted by molar-refractivity contribution is 0.102. The molecule has 0 aliphatic rings. The molecule has 0 radical (unpaired) electrons. The number of carbonyl (C=O) groups excluding carboxylic acids is 1. The van der Waals surface area contributed by atoms with Crippen molar-refractivity contribution in [1.82, 2.24) is 4.98 Å². The van der Waals surface area contributed by atoms with Crippen LogP contribution >= 0.6 is 23.2 Å². The fraction of sp³-hybridized carbons (Fsp3) is 0. The van der Waals surface area contributed by atoms with Gasteiger partial charge in [-0.2, -0.15) is 5.26 Å². The second-order valence-electron chi connectivity index (χ2n) is 3.64. The summed E-state index contributed by atoms with van der Waals surface area (Å²) in [6, 6.07) is 10.0. The summed E-state index contributed by atoms with van der Waals surface area (Å²) in [7, 11) is 0. The highest BCUT2D eigenvalue weighted by Gasteiger charge is 2.09. The molecule has 1 amide bonds. The molecule has 0 fully saturated rings. The van der Waals surface area contributed by atoms with Gasteiger partial charge in [0.25, 0.3) is 5.91 Å². The van der Waals surface area contributed by atoms with Crippen LogP contribution in [0.4, 0.5) is 5.69 Å². The first-order valence-corrected chi connectivity index (χ1v) is 5.98. The number of halogens is 2.